The minimum atomic E-state index is -0.864. The molecule has 0 rings (SSSR count). The molecule has 4 nitrogen and oxygen atoms in total. The van der Waals surface area contributed by atoms with Crippen LogP contribution in [0.5, 0.6) is 0 Å². The lowest BCUT2D eigenvalue weighted by molar-refractivity contribution is -0.122. The Bertz CT molecular complexity index is 829. The molecule has 2 unspecified atom stereocenters. The topological polar surface area (TPSA) is 69.6 Å². The second-order valence-corrected chi connectivity index (χ2v) is 10.1. The molecule has 0 aliphatic rings. The van der Waals surface area contributed by atoms with E-state index in [9.17, 15) is 15.0 Å². The second-order valence-electron chi connectivity index (χ2n) is 10.1. The van der Waals surface area contributed by atoms with Crippen molar-refractivity contribution in [2.45, 2.75) is 122 Å². The van der Waals surface area contributed by atoms with Gasteiger partial charge in [-0.05, 0) is 70.6 Å². The molecule has 0 aromatic rings. The predicted molar refractivity (Wildman–Crippen MR) is 179 cm³/mol. The Hall–Kier alpha value is -2.69. The van der Waals surface area contributed by atoms with Gasteiger partial charge in [0.1, 0.15) is 0 Å². The number of aliphatic hydroxyl groups is 2. The van der Waals surface area contributed by atoms with E-state index in [1.54, 1.807) is 6.08 Å². The molecule has 0 heterocycles. The van der Waals surface area contributed by atoms with Crippen LogP contribution in [0.4, 0.5) is 0 Å². The van der Waals surface area contributed by atoms with Gasteiger partial charge in [-0.2, -0.15) is 0 Å². The van der Waals surface area contributed by atoms with Gasteiger partial charge in [-0.25, -0.2) is 0 Å². The first kappa shape index (κ1) is 38.3. The number of hydrogen-bond acceptors (Lipinski definition) is 3. The van der Waals surface area contributed by atoms with Crippen LogP contribution in [0.2, 0.25) is 0 Å². The summed E-state index contributed by atoms with van der Waals surface area (Å²) >= 11 is 0. The molecule has 0 saturated carbocycles. The van der Waals surface area contributed by atoms with Crippen LogP contribution < -0.4 is 5.32 Å². The van der Waals surface area contributed by atoms with E-state index < -0.39 is 12.1 Å². The van der Waals surface area contributed by atoms with Crippen LogP contribution in [-0.2, 0) is 4.79 Å². The zero-order valence-electron chi connectivity index (χ0n) is 26.0. The van der Waals surface area contributed by atoms with Crippen LogP contribution in [0, 0.1) is 0 Å². The average Bonchev–Trinajstić information content (AvgIpc) is 2.97. The van der Waals surface area contributed by atoms with Crippen LogP contribution in [-0.4, -0.2) is 34.9 Å². The standard InChI is InChI=1S/C37H59NO3/c1-3-5-7-9-11-12-13-14-15-16-17-18-19-20-21-22-23-24-25-26-27-29-31-33-37(41)38-35(34-39)36(40)32-30-28-10-8-6-4-2/h5,7,11-12,14-15,17-18,20-21,23-24,26-27,30,32,35-36,39-40H,3-4,6,8-10,13,16,19,22,25,28-29,31,33-34H2,1-2H3,(H,38,41)/b7-5-,12-11-,15-14-,18-17-,21-20-,24-23-,27-26-,32-30+. The van der Waals surface area contributed by atoms with Crippen molar-refractivity contribution in [2.24, 2.45) is 0 Å². The molecule has 0 aromatic heterocycles. The van der Waals surface area contributed by atoms with Crippen LogP contribution in [0.3, 0.4) is 0 Å². The quantitative estimate of drug-likeness (QED) is 0.0723. The minimum absolute atomic E-state index is 0.134. The molecule has 0 aliphatic carbocycles. The van der Waals surface area contributed by atoms with E-state index in [0.29, 0.717) is 6.42 Å². The highest BCUT2D eigenvalue weighted by atomic mass is 16.3. The Morgan fingerprint density at radius 2 is 1.07 bits per heavy atom. The van der Waals surface area contributed by atoms with E-state index in [2.05, 4.69) is 104 Å². The van der Waals surface area contributed by atoms with Crippen LogP contribution in [0.15, 0.2) is 97.2 Å². The van der Waals surface area contributed by atoms with Gasteiger partial charge in [-0.3, -0.25) is 4.79 Å². The van der Waals surface area contributed by atoms with Crippen molar-refractivity contribution in [1.29, 1.82) is 0 Å². The minimum Gasteiger partial charge on any atom is -0.394 e. The molecule has 2 atom stereocenters. The maximum atomic E-state index is 12.2. The number of carbonyl (C=O) groups is 1. The Kier molecular flexibility index (Phi) is 29.7. The van der Waals surface area contributed by atoms with Crippen molar-refractivity contribution in [3.05, 3.63) is 97.2 Å². The lowest BCUT2D eigenvalue weighted by Gasteiger charge is -2.19. The van der Waals surface area contributed by atoms with E-state index in [-0.39, 0.29) is 12.5 Å². The highest BCUT2D eigenvalue weighted by Gasteiger charge is 2.17. The zero-order valence-corrected chi connectivity index (χ0v) is 26.0. The largest absolute Gasteiger partial charge is 0.394 e. The normalized spacial score (nSPS) is 14.5. The fourth-order valence-electron chi connectivity index (χ4n) is 3.87. The number of unbranched alkanes of at least 4 members (excludes halogenated alkanes) is 5. The van der Waals surface area contributed by atoms with Crippen molar-refractivity contribution < 1.29 is 15.0 Å². The maximum absolute atomic E-state index is 12.2. The first-order valence-corrected chi connectivity index (χ1v) is 16.0. The van der Waals surface area contributed by atoms with Crippen molar-refractivity contribution >= 4 is 5.91 Å². The summed E-state index contributed by atoms with van der Waals surface area (Å²) in [5.74, 6) is -0.134. The molecule has 0 spiro atoms. The molecule has 0 bridgehead atoms. The van der Waals surface area contributed by atoms with Gasteiger partial charge in [0.25, 0.3) is 0 Å². The molecular weight excluding hydrogens is 506 g/mol. The van der Waals surface area contributed by atoms with Gasteiger partial charge in [0.2, 0.25) is 5.91 Å². The molecule has 0 aliphatic heterocycles. The van der Waals surface area contributed by atoms with Gasteiger partial charge in [-0.1, -0.05) is 130 Å². The number of aliphatic hydroxyl groups excluding tert-OH is 2. The molecule has 3 N–H and O–H groups in total. The average molecular weight is 566 g/mol. The van der Waals surface area contributed by atoms with E-state index >= 15 is 0 Å². The first-order chi connectivity index (χ1) is 20.2. The van der Waals surface area contributed by atoms with E-state index in [1.807, 2.05) is 6.08 Å². The zero-order chi connectivity index (χ0) is 30.1. The molecule has 0 fully saturated rings. The fraction of sp³-hybridized carbons (Fsp3) is 0.541. The van der Waals surface area contributed by atoms with Gasteiger partial charge < -0.3 is 15.5 Å². The highest BCUT2D eigenvalue weighted by molar-refractivity contribution is 5.76. The number of amides is 1. The molecule has 4 heteroatoms. The monoisotopic (exact) mass is 565 g/mol. The van der Waals surface area contributed by atoms with Crippen molar-refractivity contribution in [3.8, 4) is 0 Å². The molecule has 230 valence electrons. The summed E-state index contributed by atoms with van der Waals surface area (Å²) < 4.78 is 0. The highest BCUT2D eigenvalue weighted by Crippen LogP contribution is 2.05. The van der Waals surface area contributed by atoms with Gasteiger partial charge >= 0.3 is 0 Å². The summed E-state index contributed by atoms with van der Waals surface area (Å²) in [6, 6.07) is -0.655. The smallest absolute Gasteiger partial charge is 0.220 e. The Morgan fingerprint density at radius 1 is 0.610 bits per heavy atom. The molecular formula is C37H59NO3. The van der Waals surface area contributed by atoms with Crippen LogP contribution >= 0.6 is 0 Å². The molecule has 0 aromatic carbocycles. The predicted octanol–water partition coefficient (Wildman–Crippen LogP) is 9.17. The second kappa shape index (κ2) is 31.8. The van der Waals surface area contributed by atoms with Gasteiger partial charge in [0.05, 0.1) is 18.8 Å². The Labute approximate surface area is 252 Å². The third kappa shape index (κ3) is 28.6. The Morgan fingerprint density at radius 3 is 1.54 bits per heavy atom. The number of hydrogen-bond donors (Lipinski definition) is 3. The van der Waals surface area contributed by atoms with Gasteiger partial charge in [-0.15, -0.1) is 0 Å². The summed E-state index contributed by atoms with van der Waals surface area (Å²) in [6.45, 7) is 4.05. The summed E-state index contributed by atoms with van der Waals surface area (Å²) in [4.78, 5) is 12.2. The molecule has 0 saturated heterocycles. The molecule has 41 heavy (non-hydrogen) atoms. The first-order valence-electron chi connectivity index (χ1n) is 16.0. The lowest BCUT2D eigenvalue weighted by Crippen LogP contribution is -2.45. The summed E-state index contributed by atoms with van der Waals surface area (Å²) in [5.41, 5.74) is 0. The molecule has 1 amide bonds. The van der Waals surface area contributed by atoms with Crippen molar-refractivity contribution in [2.75, 3.05) is 6.61 Å². The number of allylic oxidation sites excluding steroid dienone is 15. The van der Waals surface area contributed by atoms with Crippen LogP contribution in [0.25, 0.3) is 0 Å². The third-order valence-corrected chi connectivity index (χ3v) is 6.32. The van der Waals surface area contributed by atoms with Gasteiger partial charge in [0, 0.05) is 6.42 Å². The van der Waals surface area contributed by atoms with Crippen molar-refractivity contribution in [1.82, 2.24) is 5.32 Å². The number of carbonyl (C=O) groups excluding carboxylic acids is 1. The van der Waals surface area contributed by atoms with E-state index in [1.165, 1.54) is 19.3 Å². The Balaban J connectivity index is 3.82. The maximum Gasteiger partial charge on any atom is 0.220 e. The third-order valence-electron chi connectivity index (χ3n) is 6.32. The van der Waals surface area contributed by atoms with Crippen molar-refractivity contribution in [3.63, 3.8) is 0 Å². The lowest BCUT2D eigenvalue weighted by atomic mass is 10.1. The fourth-order valence-corrected chi connectivity index (χ4v) is 3.87. The molecule has 0 radical (unpaired) electrons. The van der Waals surface area contributed by atoms with E-state index in [4.69, 9.17) is 0 Å². The van der Waals surface area contributed by atoms with E-state index in [0.717, 1.165) is 70.6 Å². The van der Waals surface area contributed by atoms with Gasteiger partial charge in [0.15, 0.2) is 0 Å². The summed E-state index contributed by atoms with van der Waals surface area (Å²) in [5, 5.41) is 22.5. The number of nitrogens with one attached hydrogen (secondary N) is 1. The SMILES string of the molecule is CC/C=C\C/C=C\C/C=C\C/C=C\C/C=C\C/C=C\C/C=C\CCCC(=O)NC(CO)C(O)/C=C/CCCCCC. The number of rotatable bonds is 26. The summed E-state index contributed by atoms with van der Waals surface area (Å²) in [6.07, 6.45) is 47.9. The summed E-state index contributed by atoms with van der Waals surface area (Å²) in [7, 11) is 0. The van der Waals surface area contributed by atoms with Crippen LogP contribution in [0.1, 0.15) is 110 Å².